The van der Waals surface area contributed by atoms with E-state index in [0.717, 1.165) is 0 Å². The van der Waals surface area contributed by atoms with Crippen molar-refractivity contribution in [1.82, 2.24) is 9.62 Å². The molecule has 0 fully saturated rings. The topological polar surface area (TPSA) is 75.7 Å². The lowest BCUT2D eigenvalue weighted by Gasteiger charge is -2.19. The Morgan fingerprint density at radius 2 is 1.86 bits per heavy atom. The van der Waals surface area contributed by atoms with E-state index in [4.69, 9.17) is 4.74 Å². The molecule has 0 atom stereocenters. The average Bonchev–Trinajstić information content (AvgIpc) is 2.47. The summed E-state index contributed by atoms with van der Waals surface area (Å²) < 4.78 is 31.7. The van der Waals surface area contributed by atoms with E-state index in [1.807, 2.05) is 6.92 Å². The highest BCUT2D eigenvalue weighted by Gasteiger charge is 2.22. The number of sulfonamides is 1. The van der Waals surface area contributed by atoms with Gasteiger partial charge in [0.05, 0.1) is 4.90 Å². The van der Waals surface area contributed by atoms with Crippen molar-refractivity contribution in [2.75, 3.05) is 26.2 Å². The van der Waals surface area contributed by atoms with Crippen LogP contribution in [0.1, 0.15) is 26.3 Å². The van der Waals surface area contributed by atoms with Gasteiger partial charge in [0.2, 0.25) is 10.0 Å². The predicted octanol–water partition coefficient (Wildman–Crippen LogP) is 1.54. The summed E-state index contributed by atoms with van der Waals surface area (Å²) in [5.74, 6) is 0.298. The molecule has 1 aromatic rings. The first kappa shape index (κ1) is 18.4. The van der Waals surface area contributed by atoms with Crippen molar-refractivity contribution in [1.29, 1.82) is 0 Å². The number of aryl methyl sites for hydroxylation is 1. The summed E-state index contributed by atoms with van der Waals surface area (Å²) in [6, 6.07) is 4.67. The third-order valence-corrected chi connectivity index (χ3v) is 5.27. The fourth-order valence-corrected chi connectivity index (χ4v) is 3.59. The molecule has 1 rings (SSSR count). The Balaban J connectivity index is 2.92. The molecule has 0 aliphatic rings. The Morgan fingerprint density at radius 3 is 2.36 bits per heavy atom. The molecule has 0 aliphatic carbocycles. The largest absolute Gasteiger partial charge is 0.484 e. The quantitative estimate of drug-likeness (QED) is 0.785. The zero-order valence-electron chi connectivity index (χ0n) is 13.5. The molecule has 0 heterocycles. The molecule has 1 aromatic carbocycles. The van der Waals surface area contributed by atoms with Gasteiger partial charge in [-0.15, -0.1) is 0 Å². The number of benzene rings is 1. The van der Waals surface area contributed by atoms with Crippen LogP contribution in [0.4, 0.5) is 0 Å². The number of nitrogens with one attached hydrogen (secondary N) is 1. The molecule has 7 heteroatoms. The standard InChI is InChI=1S/C15H24N2O4S/c1-5-16-15(18)11-21-14-9-8-13(10-12(14)4)22(19,20)17(6-2)7-3/h8-10H,5-7,11H2,1-4H3,(H,16,18). The van der Waals surface area contributed by atoms with Gasteiger partial charge >= 0.3 is 0 Å². The number of amides is 1. The number of carbonyl (C=O) groups excluding carboxylic acids is 1. The van der Waals surface area contributed by atoms with Gasteiger partial charge in [-0.3, -0.25) is 4.79 Å². The lowest BCUT2D eigenvalue weighted by atomic mass is 10.2. The van der Waals surface area contributed by atoms with Crippen LogP contribution in [0.5, 0.6) is 5.75 Å². The second-order valence-corrected chi connectivity index (χ2v) is 6.70. The molecule has 124 valence electrons. The molecular weight excluding hydrogens is 304 g/mol. The minimum atomic E-state index is -3.48. The Morgan fingerprint density at radius 1 is 1.23 bits per heavy atom. The van der Waals surface area contributed by atoms with E-state index >= 15 is 0 Å². The van der Waals surface area contributed by atoms with Crippen LogP contribution in [-0.2, 0) is 14.8 Å². The van der Waals surface area contributed by atoms with Gasteiger partial charge in [-0.25, -0.2) is 8.42 Å². The smallest absolute Gasteiger partial charge is 0.257 e. The summed E-state index contributed by atoms with van der Waals surface area (Å²) in [4.78, 5) is 11.6. The van der Waals surface area contributed by atoms with Crippen molar-refractivity contribution in [2.45, 2.75) is 32.6 Å². The van der Waals surface area contributed by atoms with Gasteiger partial charge in [-0.1, -0.05) is 13.8 Å². The molecule has 0 spiro atoms. The van der Waals surface area contributed by atoms with Gasteiger partial charge in [-0.05, 0) is 37.6 Å². The van der Waals surface area contributed by atoms with Gasteiger partial charge in [0.1, 0.15) is 5.75 Å². The fourth-order valence-electron chi connectivity index (χ4n) is 2.05. The lowest BCUT2D eigenvalue weighted by Crippen LogP contribution is -2.30. The van der Waals surface area contributed by atoms with E-state index in [2.05, 4.69) is 5.32 Å². The van der Waals surface area contributed by atoms with E-state index in [0.29, 0.717) is 30.9 Å². The van der Waals surface area contributed by atoms with Crippen LogP contribution in [-0.4, -0.2) is 44.9 Å². The van der Waals surface area contributed by atoms with E-state index < -0.39 is 10.0 Å². The monoisotopic (exact) mass is 328 g/mol. The highest BCUT2D eigenvalue weighted by atomic mass is 32.2. The van der Waals surface area contributed by atoms with Crippen LogP contribution in [0, 0.1) is 6.92 Å². The molecule has 1 N–H and O–H groups in total. The van der Waals surface area contributed by atoms with Crippen molar-refractivity contribution in [3.05, 3.63) is 23.8 Å². The number of likely N-dealkylation sites (N-methyl/N-ethyl adjacent to an activating group) is 1. The molecule has 0 saturated heterocycles. The van der Waals surface area contributed by atoms with E-state index in [1.165, 1.54) is 10.4 Å². The van der Waals surface area contributed by atoms with Gasteiger partial charge < -0.3 is 10.1 Å². The first-order valence-electron chi connectivity index (χ1n) is 7.37. The molecule has 1 amide bonds. The molecule has 0 aromatic heterocycles. The Bertz CT molecular complexity index is 610. The summed E-state index contributed by atoms with van der Waals surface area (Å²) in [6.07, 6.45) is 0. The van der Waals surface area contributed by atoms with Crippen LogP contribution >= 0.6 is 0 Å². The number of carbonyl (C=O) groups is 1. The maximum Gasteiger partial charge on any atom is 0.257 e. The third kappa shape index (κ3) is 4.45. The average molecular weight is 328 g/mol. The summed E-state index contributed by atoms with van der Waals surface area (Å²) in [5, 5.41) is 2.63. The maximum atomic E-state index is 12.4. The number of rotatable bonds is 8. The predicted molar refractivity (Wildman–Crippen MR) is 85.5 cm³/mol. The maximum absolute atomic E-state index is 12.4. The Labute approximate surface area is 132 Å². The summed E-state index contributed by atoms with van der Waals surface area (Å²) in [5.41, 5.74) is 0.678. The van der Waals surface area contributed by atoms with Crippen molar-refractivity contribution >= 4 is 15.9 Å². The molecule has 22 heavy (non-hydrogen) atoms. The van der Waals surface area contributed by atoms with Crippen molar-refractivity contribution in [2.24, 2.45) is 0 Å². The molecule has 0 radical (unpaired) electrons. The molecule has 0 bridgehead atoms. The summed E-state index contributed by atoms with van der Waals surface area (Å²) in [6.45, 7) is 8.50. The molecule has 6 nitrogen and oxygen atoms in total. The SMILES string of the molecule is CCNC(=O)COc1ccc(S(=O)(=O)N(CC)CC)cc1C. The highest BCUT2D eigenvalue weighted by molar-refractivity contribution is 7.89. The second kappa shape index (κ2) is 8.14. The summed E-state index contributed by atoms with van der Waals surface area (Å²) >= 11 is 0. The van der Waals surface area contributed by atoms with Gasteiger partial charge in [0.25, 0.3) is 5.91 Å². The van der Waals surface area contributed by atoms with E-state index in [-0.39, 0.29) is 17.4 Å². The lowest BCUT2D eigenvalue weighted by molar-refractivity contribution is -0.122. The third-order valence-electron chi connectivity index (χ3n) is 3.22. The Kier molecular flexibility index (Phi) is 6.83. The van der Waals surface area contributed by atoms with Crippen molar-refractivity contribution < 1.29 is 17.9 Å². The first-order valence-corrected chi connectivity index (χ1v) is 8.81. The number of hydrogen-bond acceptors (Lipinski definition) is 4. The normalized spacial score (nSPS) is 11.5. The first-order chi connectivity index (χ1) is 10.4. The minimum absolute atomic E-state index is 0.0865. The van der Waals surface area contributed by atoms with Crippen LogP contribution in [0.25, 0.3) is 0 Å². The molecular formula is C15H24N2O4S. The van der Waals surface area contributed by atoms with Crippen LogP contribution < -0.4 is 10.1 Å². The second-order valence-electron chi connectivity index (χ2n) is 4.76. The minimum Gasteiger partial charge on any atom is -0.484 e. The molecule has 0 saturated carbocycles. The van der Waals surface area contributed by atoms with Gasteiger partial charge in [0.15, 0.2) is 6.61 Å². The van der Waals surface area contributed by atoms with Crippen LogP contribution in [0.3, 0.4) is 0 Å². The van der Waals surface area contributed by atoms with Crippen LogP contribution in [0.2, 0.25) is 0 Å². The van der Waals surface area contributed by atoms with E-state index in [9.17, 15) is 13.2 Å². The van der Waals surface area contributed by atoms with Gasteiger partial charge in [0, 0.05) is 19.6 Å². The zero-order chi connectivity index (χ0) is 16.8. The van der Waals surface area contributed by atoms with E-state index in [1.54, 1.807) is 32.9 Å². The number of ether oxygens (including phenoxy) is 1. The Hall–Kier alpha value is -1.60. The van der Waals surface area contributed by atoms with Crippen LogP contribution in [0.15, 0.2) is 23.1 Å². The number of hydrogen-bond donors (Lipinski definition) is 1. The number of nitrogens with zero attached hydrogens (tertiary/aromatic N) is 1. The molecule has 0 aliphatic heterocycles. The highest BCUT2D eigenvalue weighted by Crippen LogP contribution is 2.23. The fraction of sp³-hybridized carbons (Fsp3) is 0.533. The summed E-state index contributed by atoms with van der Waals surface area (Å²) in [7, 11) is -3.48. The molecule has 0 unspecified atom stereocenters. The van der Waals surface area contributed by atoms with Crippen molar-refractivity contribution in [3.8, 4) is 5.75 Å². The van der Waals surface area contributed by atoms with Gasteiger partial charge in [-0.2, -0.15) is 4.31 Å². The van der Waals surface area contributed by atoms with Crippen molar-refractivity contribution in [3.63, 3.8) is 0 Å². The zero-order valence-corrected chi connectivity index (χ0v) is 14.4.